The van der Waals surface area contributed by atoms with Gasteiger partial charge < -0.3 is 9.88 Å². The van der Waals surface area contributed by atoms with Gasteiger partial charge in [-0.1, -0.05) is 29.8 Å². The molecule has 1 saturated heterocycles. The van der Waals surface area contributed by atoms with Crippen LogP contribution in [-0.2, 0) is 17.1 Å². The maximum atomic E-state index is 13.1. The van der Waals surface area contributed by atoms with Gasteiger partial charge in [0.1, 0.15) is 11.9 Å². The molecule has 1 amide bonds. The highest BCUT2D eigenvalue weighted by atomic mass is 35.5. The van der Waals surface area contributed by atoms with Crippen molar-refractivity contribution >= 4 is 27.5 Å². The number of hydrogen-bond donors (Lipinski definition) is 1. The van der Waals surface area contributed by atoms with Crippen molar-refractivity contribution in [3.05, 3.63) is 82.9 Å². The Morgan fingerprint density at radius 2 is 1.84 bits per heavy atom. The molecule has 1 aromatic heterocycles. The van der Waals surface area contributed by atoms with Crippen molar-refractivity contribution in [2.75, 3.05) is 13.1 Å². The summed E-state index contributed by atoms with van der Waals surface area (Å²) in [5.74, 6) is 0.262. The number of hydrogen-bond acceptors (Lipinski definition) is 4. The van der Waals surface area contributed by atoms with Gasteiger partial charge in [0.25, 0.3) is 5.91 Å². The van der Waals surface area contributed by atoms with E-state index in [1.807, 2.05) is 23.7 Å². The first-order valence-electron chi connectivity index (χ1n) is 10.00. The Kier molecular flexibility index (Phi) is 6.13. The lowest BCUT2D eigenvalue weighted by atomic mass is 10.1. The van der Waals surface area contributed by atoms with Crippen molar-refractivity contribution in [1.29, 1.82) is 0 Å². The molecule has 4 rings (SSSR count). The maximum absolute atomic E-state index is 13.1. The predicted molar refractivity (Wildman–Crippen MR) is 118 cm³/mol. The zero-order chi connectivity index (χ0) is 22.0. The molecule has 0 spiro atoms. The molecule has 1 aliphatic heterocycles. The molecule has 0 unspecified atom stereocenters. The molecule has 1 N–H and O–H groups in total. The number of benzene rings is 2. The second-order valence-corrected chi connectivity index (χ2v) is 9.87. The minimum atomic E-state index is -3.61. The van der Waals surface area contributed by atoms with Crippen molar-refractivity contribution < 1.29 is 13.2 Å². The van der Waals surface area contributed by atoms with E-state index in [-0.39, 0.29) is 16.4 Å². The van der Waals surface area contributed by atoms with Crippen LogP contribution >= 0.6 is 11.6 Å². The molecule has 162 valence electrons. The molecule has 3 aromatic rings. The second kappa shape index (κ2) is 8.82. The van der Waals surface area contributed by atoms with E-state index in [1.54, 1.807) is 36.7 Å². The zero-order valence-electron chi connectivity index (χ0n) is 17.0. The number of halogens is 1. The number of amides is 1. The van der Waals surface area contributed by atoms with E-state index in [1.165, 1.54) is 16.4 Å². The quantitative estimate of drug-likeness (QED) is 0.613. The van der Waals surface area contributed by atoms with E-state index >= 15 is 0 Å². The Hall–Kier alpha value is -2.68. The van der Waals surface area contributed by atoms with Crippen LogP contribution in [0.3, 0.4) is 0 Å². The monoisotopic (exact) mass is 458 g/mol. The van der Waals surface area contributed by atoms with Crippen LogP contribution in [-0.4, -0.2) is 41.3 Å². The van der Waals surface area contributed by atoms with Gasteiger partial charge in [0.05, 0.1) is 4.90 Å². The summed E-state index contributed by atoms with van der Waals surface area (Å²) >= 11 is 6.02. The number of imidazole rings is 1. The summed E-state index contributed by atoms with van der Waals surface area (Å²) in [7, 11) is -1.76. The molecule has 0 aliphatic carbocycles. The molecule has 2 heterocycles. The Morgan fingerprint density at radius 1 is 1.13 bits per heavy atom. The average molecular weight is 459 g/mol. The SMILES string of the molecule is Cn1ccnc1[C@H](NC(=O)c1cccc(S(=O)(=O)N2CCCC2)c1)c1ccc(Cl)cc1. The van der Waals surface area contributed by atoms with E-state index in [9.17, 15) is 13.2 Å². The van der Waals surface area contributed by atoms with Crippen molar-refractivity contribution in [2.24, 2.45) is 7.05 Å². The van der Waals surface area contributed by atoms with Crippen LogP contribution < -0.4 is 5.32 Å². The first-order valence-corrected chi connectivity index (χ1v) is 11.8. The number of aromatic nitrogens is 2. The molecule has 0 saturated carbocycles. The van der Waals surface area contributed by atoms with E-state index in [2.05, 4.69) is 10.3 Å². The van der Waals surface area contributed by atoms with Gasteiger partial charge in [0.15, 0.2) is 0 Å². The fourth-order valence-corrected chi connectivity index (χ4v) is 5.39. The molecule has 0 radical (unpaired) electrons. The molecule has 1 aliphatic rings. The maximum Gasteiger partial charge on any atom is 0.252 e. The summed E-state index contributed by atoms with van der Waals surface area (Å²) in [6.07, 6.45) is 5.17. The highest BCUT2D eigenvalue weighted by molar-refractivity contribution is 7.89. The highest BCUT2D eigenvalue weighted by Crippen LogP contribution is 2.24. The fraction of sp³-hybridized carbons (Fsp3) is 0.273. The van der Waals surface area contributed by atoms with Gasteiger partial charge in [0, 0.05) is 43.1 Å². The van der Waals surface area contributed by atoms with Gasteiger partial charge in [-0.3, -0.25) is 4.79 Å². The number of aryl methyl sites for hydroxylation is 1. The van der Waals surface area contributed by atoms with Crippen LogP contribution in [0, 0.1) is 0 Å². The summed E-state index contributed by atoms with van der Waals surface area (Å²) in [6.45, 7) is 1.02. The van der Waals surface area contributed by atoms with E-state index < -0.39 is 16.1 Å². The van der Waals surface area contributed by atoms with Crippen LogP contribution in [0.5, 0.6) is 0 Å². The molecule has 2 aromatic carbocycles. The number of sulfonamides is 1. The summed E-state index contributed by atoms with van der Waals surface area (Å²) in [6, 6.07) is 12.8. The molecular weight excluding hydrogens is 436 g/mol. The van der Waals surface area contributed by atoms with E-state index in [0.717, 1.165) is 18.4 Å². The lowest BCUT2D eigenvalue weighted by Crippen LogP contribution is -2.31. The molecular formula is C22H23ClN4O3S. The Balaban J connectivity index is 1.63. The Morgan fingerprint density at radius 3 is 2.48 bits per heavy atom. The van der Waals surface area contributed by atoms with Gasteiger partial charge in [-0.05, 0) is 48.7 Å². The number of carbonyl (C=O) groups excluding carboxylic acids is 1. The molecule has 31 heavy (non-hydrogen) atoms. The smallest absolute Gasteiger partial charge is 0.252 e. The molecule has 7 nitrogen and oxygen atoms in total. The minimum absolute atomic E-state index is 0.127. The molecule has 9 heteroatoms. The fourth-order valence-electron chi connectivity index (χ4n) is 3.70. The lowest BCUT2D eigenvalue weighted by molar-refractivity contribution is 0.0941. The first kappa shape index (κ1) is 21.5. The summed E-state index contributed by atoms with van der Waals surface area (Å²) < 4.78 is 29.1. The van der Waals surface area contributed by atoms with Crippen LogP contribution in [0.25, 0.3) is 0 Å². The molecule has 1 atom stereocenters. The molecule has 0 bridgehead atoms. The highest BCUT2D eigenvalue weighted by Gasteiger charge is 2.28. The summed E-state index contributed by atoms with van der Waals surface area (Å²) in [4.78, 5) is 17.6. The second-order valence-electron chi connectivity index (χ2n) is 7.49. The van der Waals surface area contributed by atoms with Gasteiger partial charge >= 0.3 is 0 Å². The van der Waals surface area contributed by atoms with Crippen LogP contribution in [0.2, 0.25) is 5.02 Å². The third kappa shape index (κ3) is 4.51. The Bertz CT molecular complexity index is 1190. The lowest BCUT2D eigenvalue weighted by Gasteiger charge is -2.20. The summed E-state index contributed by atoms with van der Waals surface area (Å²) in [5, 5.41) is 3.58. The number of nitrogens with one attached hydrogen (secondary N) is 1. The topological polar surface area (TPSA) is 84.3 Å². The number of nitrogens with zero attached hydrogens (tertiary/aromatic N) is 3. The normalized spacial score (nSPS) is 15.7. The minimum Gasteiger partial charge on any atom is -0.338 e. The van der Waals surface area contributed by atoms with Crippen molar-refractivity contribution in [2.45, 2.75) is 23.8 Å². The zero-order valence-corrected chi connectivity index (χ0v) is 18.6. The van der Waals surface area contributed by atoms with Crippen molar-refractivity contribution in [1.82, 2.24) is 19.2 Å². The third-order valence-corrected chi connectivity index (χ3v) is 7.54. The van der Waals surface area contributed by atoms with E-state index in [4.69, 9.17) is 11.6 Å². The molecule has 1 fully saturated rings. The Labute approximate surface area is 186 Å². The van der Waals surface area contributed by atoms with Crippen molar-refractivity contribution in [3.8, 4) is 0 Å². The van der Waals surface area contributed by atoms with Gasteiger partial charge in [-0.15, -0.1) is 0 Å². The van der Waals surface area contributed by atoms with Crippen LogP contribution in [0.4, 0.5) is 0 Å². The third-order valence-electron chi connectivity index (χ3n) is 5.39. The van der Waals surface area contributed by atoms with Crippen LogP contribution in [0.1, 0.15) is 40.6 Å². The van der Waals surface area contributed by atoms with Gasteiger partial charge in [-0.25, -0.2) is 13.4 Å². The largest absolute Gasteiger partial charge is 0.338 e. The summed E-state index contributed by atoms with van der Waals surface area (Å²) in [5.41, 5.74) is 1.08. The predicted octanol–water partition coefficient (Wildman–Crippen LogP) is 3.38. The first-order chi connectivity index (χ1) is 14.9. The van der Waals surface area contributed by atoms with E-state index in [0.29, 0.717) is 23.9 Å². The van der Waals surface area contributed by atoms with Crippen molar-refractivity contribution in [3.63, 3.8) is 0 Å². The average Bonchev–Trinajstić information content (AvgIpc) is 3.45. The number of rotatable bonds is 6. The van der Waals surface area contributed by atoms with Crippen LogP contribution in [0.15, 0.2) is 65.8 Å². The number of carbonyl (C=O) groups is 1. The standard InChI is InChI=1S/C22H23ClN4O3S/c1-26-14-11-24-21(26)20(16-7-9-18(23)10-8-16)25-22(28)17-5-4-6-19(15-17)31(29,30)27-12-2-3-13-27/h4-11,14-15,20H,2-3,12-13H2,1H3,(H,25,28)/t20-/m1/s1. The van der Waals surface area contributed by atoms with Gasteiger partial charge in [-0.2, -0.15) is 4.31 Å². The van der Waals surface area contributed by atoms with Gasteiger partial charge in [0.2, 0.25) is 10.0 Å².